The second-order valence-corrected chi connectivity index (χ2v) is 6.01. The second kappa shape index (κ2) is 6.92. The standard InChI is InChI=1S/C18H24N2O/c1-20-11-9-15(10-12-20)13-19-14-17-7-8-18(21-17)16-5-3-2-4-6-16/h2-8,15,19H,9-14H2,1H3. The SMILES string of the molecule is CN1CCC(CNCc2ccc(-c3ccccc3)o2)CC1. The minimum atomic E-state index is 0.810. The van der Waals surface area contributed by atoms with Crippen molar-refractivity contribution in [3.63, 3.8) is 0 Å². The Morgan fingerprint density at radius 1 is 1.10 bits per heavy atom. The predicted octanol–water partition coefficient (Wildman–Crippen LogP) is 3.38. The number of hydrogen-bond donors (Lipinski definition) is 1. The Morgan fingerprint density at radius 3 is 2.62 bits per heavy atom. The van der Waals surface area contributed by atoms with E-state index in [9.17, 15) is 0 Å². The second-order valence-electron chi connectivity index (χ2n) is 6.01. The minimum absolute atomic E-state index is 0.810. The number of benzene rings is 1. The molecule has 1 aromatic carbocycles. The van der Waals surface area contributed by atoms with Gasteiger partial charge < -0.3 is 14.6 Å². The van der Waals surface area contributed by atoms with Crippen LogP contribution in [-0.4, -0.2) is 31.6 Å². The average Bonchev–Trinajstić information content (AvgIpc) is 2.99. The van der Waals surface area contributed by atoms with Gasteiger partial charge in [0, 0.05) is 5.56 Å². The fourth-order valence-electron chi connectivity index (χ4n) is 2.90. The summed E-state index contributed by atoms with van der Waals surface area (Å²) in [4.78, 5) is 2.41. The van der Waals surface area contributed by atoms with Crippen LogP contribution in [0.5, 0.6) is 0 Å². The molecule has 0 spiro atoms. The number of rotatable bonds is 5. The van der Waals surface area contributed by atoms with Crippen molar-refractivity contribution in [3.8, 4) is 11.3 Å². The summed E-state index contributed by atoms with van der Waals surface area (Å²) in [6, 6.07) is 14.4. The van der Waals surface area contributed by atoms with Crippen molar-refractivity contribution in [2.24, 2.45) is 5.92 Å². The summed E-state index contributed by atoms with van der Waals surface area (Å²) in [5.41, 5.74) is 1.14. The Hall–Kier alpha value is -1.58. The maximum Gasteiger partial charge on any atom is 0.134 e. The Bertz CT molecular complexity index is 541. The van der Waals surface area contributed by atoms with Gasteiger partial charge in [-0.1, -0.05) is 30.3 Å². The van der Waals surface area contributed by atoms with Crippen molar-refractivity contribution in [3.05, 3.63) is 48.2 Å². The number of nitrogens with zero attached hydrogens (tertiary/aromatic N) is 1. The van der Waals surface area contributed by atoms with E-state index in [4.69, 9.17) is 4.42 Å². The predicted molar refractivity (Wildman–Crippen MR) is 86.1 cm³/mol. The first kappa shape index (κ1) is 14.4. The van der Waals surface area contributed by atoms with E-state index >= 15 is 0 Å². The molecule has 1 aliphatic rings. The van der Waals surface area contributed by atoms with E-state index in [1.807, 2.05) is 18.2 Å². The molecule has 1 fully saturated rings. The number of nitrogens with one attached hydrogen (secondary N) is 1. The molecule has 0 bridgehead atoms. The molecule has 2 heterocycles. The van der Waals surface area contributed by atoms with E-state index in [-0.39, 0.29) is 0 Å². The molecule has 0 unspecified atom stereocenters. The van der Waals surface area contributed by atoms with Gasteiger partial charge >= 0.3 is 0 Å². The van der Waals surface area contributed by atoms with Crippen molar-refractivity contribution in [2.75, 3.05) is 26.7 Å². The van der Waals surface area contributed by atoms with Crippen molar-refractivity contribution in [1.29, 1.82) is 0 Å². The van der Waals surface area contributed by atoms with Gasteiger partial charge in [0.25, 0.3) is 0 Å². The summed E-state index contributed by atoms with van der Waals surface area (Å²) >= 11 is 0. The Labute approximate surface area is 127 Å². The molecule has 1 aliphatic heterocycles. The van der Waals surface area contributed by atoms with Crippen LogP contribution in [0.3, 0.4) is 0 Å². The van der Waals surface area contributed by atoms with E-state index in [2.05, 4.69) is 41.5 Å². The van der Waals surface area contributed by atoms with Crippen LogP contribution in [0.4, 0.5) is 0 Å². The molecule has 21 heavy (non-hydrogen) atoms. The largest absolute Gasteiger partial charge is 0.460 e. The van der Waals surface area contributed by atoms with Gasteiger partial charge in [0.05, 0.1) is 6.54 Å². The first-order valence-electron chi connectivity index (χ1n) is 7.84. The van der Waals surface area contributed by atoms with Gasteiger partial charge in [0.15, 0.2) is 0 Å². The summed E-state index contributed by atoms with van der Waals surface area (Å²) < 4.78 is 5.91. The number of hydrogen-bond acceptors (Lipinski definition) is 3. The third-order valence-electron chi connectivity index (χ3n) is 4.29. The molecule has 3 rings (SSSR count). The van der Waals surface area contributed by atoms with E-state index < -0.39 is 0 Å². The van der Waals surface area contributed by atoms with Crippen LogP contribution in [-0.2, 0) is 6.54 Å². The number of likely N-dealkylation sites (tertiary alicyclic amines) is 1. The molecule has 0 radical (unpaired) electrons. The highest BCUT2D eigenvalue weighted by atomic mass is 16.3. The molecule has 2 aromatic rings. The Morgan fingerprint density at radius 2 is 1.86 bits per heavy atom. The van der Waals surface area contributed by atoms with Crippen LogP contribution >= 0.6 is 0 Å². The van der Waals surface area contributed by atoms with Crippen LogP contribution in [0.1, 0.15) is 18.6 Å². The fraction of sp³-hybridized carbons (Fsp3) is 0.444. The lowest BCUT2D eigenvalue weighted by Crippen LogP contribution is -2.34. The normalized spacial score (nSPS) is 17.2. The van der Waals surface area contributed by atoms with E-state index in [0.717, 1.165) is 36.1 Å². The highest BCUT2D eigenvalue weighted by Gasteiger charge is 2.16. The molecule has 0 aliphatic carbocycles. The van der Waals surface area contributed by atoms with Gasteiger partial charge in [0.2, 0.25) is 0 Å². The molecular formula is C18H24N2O. The van der Waals surface area contributed by atoms with Crippen LogP contribution in [0, 0.1) is 5.92 Å². The fourth-order valence-corrected chi connectivity index (χ4v) is 2.90. The van der Waals surface area contributed by atoms with Crippen molar-refractivity contribution in [2.45, 2.75) is 19.4 Å². The minimum Gasteiger partial charge on any atom is -0.460 e. The molecule has 3 heteroatoms. The third-order valence-corrected chi connectivity index (χ3v) is 4.29. The molecule has 1 saturated heterocycles. The molecule has 1 aromatic heterocycles. The van der Waals surface area contributed by atoms with Gasteiger partial charge in [0.1, 0.15) is 11.5 Å². The van der Waals surface area contributed by atoms with Gasteiger partial charge in [-0.15, -0.1) is 0 Å². The van der Waals surface area contributed by atoms with Crippen LogP contribution in [0.2, 0.25) is 0 Å². The van der Waals surface area contributed by atoms with E-state index in [1.54, 1.807) is 0 Å². The molecule has 112 valence electrons. The van der Waals surface area contributed by atoms with E-state index in [1.165, 1.54) is 25.9 Å². The molecule has 0 atom stereocenters. The van der Waals surface area contributed by atoms with Crippen LogP contribution in [0.25, 0.3) is 11.3 Å². The first-order valence-corrected chi connectivity index (χ1v) is 7.84. The van der Waals surface area contributed by atoms with E-state index in [0.29, 0.717) is 0 Å². The number of furan rings is 1. The van der Waals surface area contributed by atoms with Crippen LogP contribution < -0.4 is 5.32 Å². The Balaban J connectivity index is 1.47. The molecular weight excluding hydrogens is 260 g/mol. The zero-order valence-corrected chi connectivity index (χ0v) is 12.7. The smallest absolute Gasteiger partial charge is 0.134 e. The average molecular weight is 284 g/mol. The highest BCUT2D eigenvalue weighted by Crippen LogP contribution is 2.21. The molecule has 0 amide bonds. The van der Waals surface area contributed by atoms with Gasteiger partial charge in [-0.25, -0.2) is 0 Å². The van der Waals surface area contributed by atoms with Gasteiger partial charge in [-0.2, -0.15) is 0 Å². The Kier molecular flexibility index (Phi) is 4.73. The lowest BCUT2D eigenvalue weighted by molar-refractivity contribution is 0.215. The lowest BCUT2D eigenvalue weighted by atomic mass is 9.97. The molecule has 0 saturated carbocycles. The molecule has 3 nitrogen and oxygen atoms in total. The quantitative estimate of drug-likeness (QED) is 0.912. The molecule has 1 N–H and O–H groups in total. The van der Waals surface area contributed by atoms with Crippen LogP contribution in [0.15, 0.2) is 46.9 Å². The summed E-state index contributed by atoms with van der Waals surface area (Å²) in [6.07, 6.45) is 2.61. The monoisotopic (exact) mass is 284 g/mol. The highest BCUT2D eigenvalue weighted by molar-refractivity contribution is 5.57. The summed E-state index contributed by atoms with van der Waals surface area (Å²) in [6.45, 7) is 4.37. The zero-order valence-electron chi connectivity index (χ0n) is 12.7. The summed E-state index contributed by atoms with van der Waals surface area (Å²) in [5.74, 6) is 2.78. The maximum absolute atomic E-state index is 5.91. The zero-order chi connectivity index (χ0) is 14.5. The third kappa shape index (κ3) is 3.96. The summed E-state index contributed by atoms with van der Waals surface area (Å²) in [7, 11) is 2.21. The van der Waals surface area contributed by atoms with Gasteiger partial charge in [-0.3, -0.25) is 0 Å². The summed E-state index contributed by atoms with van der Waals surface area (Å²) in [5, 5.41) is 3.54. The lowest BCUT2D eigenvalue weighted by Gasteiger charge is -2.28. The maximum atomic E-state index is 5.91. The van der Waals surface area contributed by atoms with Crippen molar-refractivity contribution >= 4 is 0 Å². The first-order chi connectivity index (χ1) is 10.3. The topological polar surface area (TPSA) is 28.4 Å². The number of piperidine rings is 1. The van der Waals surface area contributed by atoms with Crippen molar-refractivity contribution < 1.29 is 4.42 Å². The van der Waals surface area contributed by atoms with Crippen molar-refractivity contribution in [1.82, 2.24) is 10.2 Å². The van der Waals surface area contributed by atoms with Gasteiger partial charge in [-0.05, 0) is 57.6 Å².